The molecule has 2 aromatic heterocycles. The molecule has 0 saturated heterocycles. The van der Waals surface area contributed by atoms with Gasteiger partial charge in [0.15, 0.2) is 5.82 Å². The lowest BCUT2D eigenvalue weighted by molar-refractivity contribution is 0.305. The van der Waals surface area contributed by atoms with Gasteiger partial charge in [0.05, 0.1) is 18.9 Å². The van der Waals surface area contributed by atoms with Crippen LogP contribution in [0.25, 0.3) is 0 Å². The van der Waals surface area contributed by atoms with Crippen molar-refractivity contribution < 1.29 is 4.39 Å². The second kappa shape index (κ2) is 5.77. The van der Waals surface area contributed by atoms with Crippen LogP contribution in [0.3, 0.4) is 0 Å². The van der Waals surface area contributed by atoms with Gasteiger partial charge in [-0.1, -0.05) is 0 Å². The molecule has 2 aromatic rings. The summed E-state index contributed by atoms with van der Waals surface area (Å²) in [6.07, 6.45) is 6.24. The van der Waals surface area contributed by atoms with Crippen LogP contribution in [0.4, 0.5) is 10.3 Å². The Morgan fingerprint density at radius 2 is 2.00 bits per heavy atom. The molecule has 0 bridgehead atoms. The number of imidazole rings is 1. The molecule has 0 aliphatic carbocycles. The third-order valence-corrected chi connectivity index (χ3v) is 3.58. The largest absolute Gasteiger partial charge is 0.333 e. The van der Waals surface area contributed by atoms with Crippen molar-refractivity contribution in [2.75, 3.05) is 32.1 Å². The predicted octanol–water partition coefficient (Wildman–Crippen LogP) is 1.01. The lowest BCUT2D eigenvalue weighted by atomic mass is 10.1. The summed E-state index contributed by atoms with van der Waals surface area (Å²) in [6, 6.07) is 0. The molecule has 0 saturated carbocycles. The van der Waals surface area contributed by atoms with Gasteiger partial charge in [-0.3, -0.25) is 0 Å². The molecule has 1 aliphatic rings. The molecular weight excluding hydrogens is 271 g/mol. The molecule has 3 heterocycles. The van der Waals surface area contributed by atoms with Crippen molar-refractivity contribution in [1.29, 1.82) is 0 Å². The van der Waals surface area contributed by atoms with E-state index in [4.69, 9.17) is 0 Å². The summed E-state index contributed by atoms with van der Waals surface area (Å²) in [4.78, 5) is 16.9. The van der Waals surface area contributed by atoms with Crippen molar-refractivity contribution in [1.82, 2.24) is 24.4 Å². The van der Waals surface area contributed by atoms with E-state index in [1.165, 1.54) is 12.4 Å². The minimum atomic E-state index is -0.417. The Morgan fingerprint density at radius 3 is 2.71 bits per heavy atom. The maximum atomic E-state index is 13.0. The van der Waals surface area contributed by atoms with E-state index in [9.17, 15) is 4.39 Å². The van der Waals surface area contributed by atoms with Crippen molar-refractivity contribution in [2.24, 2.45) is 5.92 Å². The minimum absolute atomic E-state index is 0.417. The zero-order chi connectivity index (χ0) is 14.8. The first-order valence-corrected chi connectivity index (χ1v) is 6.99. The van der Waals surface area contributed by atoms with Gasteiger partial charge in [0.2, 0.25) is 5.95 Å². The van der Waals surface area contributed by atoms with E-state index in [0.29, 0.717) is 18.4 Å². The standard InChI is InChI=1S/C14H19FN6/c1-19(2)7-11-8-20-4-3-16-13(20)10-21(9-11)14-17-5-12(15)6-18-14/h3-6,11H,7-10H2,1-2H3. The maximum Gasteiger partial charge on any atom is 0.225 e. The summed E-state index contributed by atoms with van der Waals surface area (Å²) < 4.78 is 15.2. The normalized spacial score (nSPS) is 18.7. The second-order valence-electron chi connectivity index (χ2n) is 5.71. The van der Waals surface area contributed by atoms with E-state index in [1.807, 2.05) is 12.4 Å². The summed E-state index contributed by atoms with van der Waals surface area (Å²) in [7, 11) is 4.14. The van der Waals surface area contributed by atoms with Gasteiger partial charge in [-0.05, 0) is 14.1 Å². The highest BCUT2D eigenvalue weighted by Crippen LogP contribution is 2.19. The number of hydrogen-bond acceptors (Lipinski definition) is 5. The number of anilines is 1. The van der Waals surface area contributed by atoms with E-state index in [0.717, 1.165) is 25.5 Å². The second-order valence-corrected chi connectivity index (χ2v) is 5.71. The van der Waals surface area contributed by atoms with Crippen molar-refractivity contribution in [2.45, 2.75) is 13.1 Å². The molecular formula is C14H19FN6. The van der Waals surface area contributed by atoms with Crippen LogP contribution >= 0.6 is 0 Å². The van der Waals surface area contributed by atoms with E-state index in [-0.39, 0.29) is 0 Å². The van der Waals surface area contributed by atoms with E-state index in [1.54, 1.807) is 0 Å². The van der Waals surface area contributed by atoms with Gasteiger partial charge < -0.3 is 14.4 Å². The number of fused-ring (bicyclic) bond motifs is 1. The molecule has 0 fully saturated rings. The van der Waals surface area contributed by atoms with Crippen LogP contribution in [-0.2, 0) is 13.1 Å². The van der Waals surface area contributed by atoms with Crippen LogP contribution < -0.4 is 4.90 Å². The van der Waals surface area contributed by atoms with Crippen molar-refractivity contribution in [3.63, 3.8) is 0 Å². The highest BCUT2D eigenvalue weighted by molar-refractivity contribution is 5.30. The van der Waals surface area contributed by atoms with Gasteiger partial charge in [-0.15, -0.1) is 0 Å². The van der Waals surface area contributed by atoms with E-state index < -0.39 is 5.82 Å². The molecule has 6 nitrogen and oxygen atoms in total. The number of halogens is 1. The highest BCUT2D eigenvalue weighted by atomic mass is 19.1. The topological polar surface area (TPSA) is 50.1 Å². The van der Waals surface area contributed by atoms with Crippen molar-refractivity contribution >= 4 is 5.95 Å². The fourth-order valence-electron chi connectivity index (χ4n) is 2.79. The quantitative estimate of drug-likeness (QED) is 0.844. The first kappa shape index (κ1) is 13.9. The molecule has 112 valence electrons. The van der Waals surface area contributed by atoms with Gasteiger partial charge in [0.1, 0.15) is 5.82 Å². The summed E-state index contributed by atoms with van der Waals surface area (Å²) in [5.41, 5.74) is 0. The summed E-state index contributed by atoms with van der Waals surface area (Å²) in [5, 5.41) is 0. The smallest absolute Gasteiger partial charge is 0.225 e. The first-order valence-electron chi connectivity index (χ1n) is 6.99. The Labute approximate surface area is 123 Å². The molecule has 0 amide bonds. The van der Waals surface area contributed by atoms with Crippen molar-refractivity contribution in [3.05, 3.63) is 36.4 Å². The van der Waals surface area contributed by atoms with Crippen LogP contribution in [0, 0.1) is 11.7 Å². The summed E-state index contributed by atoms with van der Waals surface area (Å²) >= 11 is 0. The minimum Gasteiger partial charge on any atom is -0.333 e. The Kier molecular flexibility index (Phi) is 3.83. The lowest BCUT2D eigenvalue weighted by Gasteiger charge is -2.25. The van der Waals surface area contributed by atoms with Gasteiger partial charge >= 0.3 is 0 Å². The SMILES string of the molecule is CN(C)CC1CN(c2ncc(F)cn2)Cc2nccn2C1. The van der Waals surface area contributed by atoms with Gasteiger partial charge in [0, 0.05) is 37.9 Å². The molecule has 7 heteroatoms. The average molecular weight is 290 g/mol. The fourth-order valence-corrected chi connectivity index (χ4v) is 2.79. The van der Waals surface area contributed by atoms with Gasteiger partial charge in [0.25, 0.3) is 0 Å². The molecule has 1 atom stereocenters. The molecule has 21 heavy (non-hydrogen) atoms. The molecule has 1 unspecified atom stereocenters. The third-order valence-electron chi connectivity index (χ3n) is 3.58. The number of aromatic nitrogens is 4. The van der Waals surface area contributed by atoms with E-state index in [2.05, 4.69) is 43.4 Å². The van der Waals surface area contributed by atoms with E-state index >= 15 is 0 Å². The molecule has 0 radical (unpaired) electrons. The van der Waals surface area contributed by atoms with Gasteiger partial charge in [-0.25, -0.2) is 19.3 Å². The van der Waals surface area contributed by atoms with Crippen LogP contribution in [0.2, 0.25) is 0 Å². The summed E-state index contributed by atoms with van der Waals surface area (Å²) in [6.45, 7) is 3.36. The Bertz CT molecular complexity index is 594. The molecule has 0 N–H and O–H groups in total. The van der Waals surface area contributed by atoms with Crippen molar-refractivity contribution in [3.8, 4) is 0 Å². The number of nitrogens with zero attached hydrogens (tertiary/aromatic N) is 6. The lowest BCUT2D eigenvalue weighted by Crippen LogP contribution is -2.34. The number of rotatable bonds is 3. The van der Waals surface area contributed by atoms with Gasteiger partial charge in [-0.2, -0.15) is 0 Å². The molecule has 0 aromatic carbocycles. The fraction of sp³-hybridized carbons (Fsp3) is 0.500. The predicted molar refractivity (Wildman–Crippen MR) is 77.3 cm³/mol. The van der Waals surface area contributed by atoms with Crippen LogP contribution in [0.15, 0.2) is 24.8 Å². The molecule has 1 aliphatic heterocycles. The number of hydrogen-bond donors (Lipinski definition) is 0. The molecule has 0 spiro atoms. The Hall–Kier alpha value is -2.02. The highest BCUT2D eigenvalue weighted by Gasteiger charge is 2.24. The zero-order valence-corrected chi connectivity index (χ0v) is 12.3. The average Bonchev–Trinajstić information content (AvgIpc) is 2.78. The summed E-state index contributed by atoms with van der Waals surface area (Å²) in [5.74, 6) is 1.56. The Balaban J connectivity index is 1.87. The zero-order valence-electron chi connectivity index (χ0n) is 12.3. The third kappa shape index (κ3) is 3.18. The monoisotopic (exact) mass is 290 g/mol. The van der Waals surface area contributed by atoms with Crippen LogP contribution in [0.5, 0.6) is 0 Å². The maximum absolute atomic E-state index is 13.0. The van der Waals surface area contributed by atoms with Crippen LogP contribution in [-0.4, -0.2) is 51.6 Å². The Morgan fingerprint density at radius 1 is 1.24 bits per heavy atom. The van der Waals surface area contributed by atoms with Crippen LogP contribution in [0.1, 0.15) is 5.82 Å². The molecule has 3 rings (SSSR count). The first-order chi connectivity index (χ1) is 10.1.